The van der Waals surface area contributed by atoms with Gasteiger partial charge in [0, 0.05) is 26.8 Å². The van der Waals surface area contributed by atoms with Gasteiger partial charge in [-0.2, -0.15) is 0 Å². The van der Waals surface area contributed by atoms with Crippen LogP contribution in [0.2, 0.25) is 0 Å². The van der Waals surface area contributed by atoms with Gasteiger partial charge in [-0.3, -0.25) is 4.79 Å². The van der Waals surface area contributed by atoms with Gasteiger partial charge in [-0.1, -0.05) is 35.9 Å². The lowest BCUT2D eigenvalue weighted by atomic mass is 10.1. The zero-order chi connectivity index (χ0) is 18.1. The van der Waals surface area contributed by atoms with Crippen molar-refractivity contribution in [3.63, 3.8) is 0 Å². The van der Waals surface area contributed by atoms with Crippen LogP contribution in [-0.2, 0) is 0 Å². The van der Waals surface area contributed by atoms with Crippen LogP contribution in [0.4, 0.5) is 11.6 Å². The first-order valence-corrected chi connectivity index (χ1v) is 9.11. The van der Waals surface area contributed by atoms with Gasteiger partial charge >= 0.3 is 0 Å². The predicted molar refractivity (Wildman–Crippen MR) is 109 cm³/mol. The molecule has 0 atom stereocenters. The van der Waals surface area contributed by atoms with Gasteiger partial charge in [0.05, 0.1) is 0 Å². The fourth-order valence-electron chi connectivity index (χ4n) is 2.85. The summed E-state index contributed by atoms with van der Waals surface area (Å²) in [7, 11) is 0. The summed E-state index contributed by atoms with van der Waals surface area (Å²) < 4.78 is 1.21. The molecular formula is C21H17N3OS. The van der Waals surface area contributed by atoms with Gasteiger partial charge in [-0.25, -0.2) is 4.98 Å². The Morgan fingerprint density at radius 2 is 1.77 bits per heavy atom. The number of nitrogens with two attached hydrogens (primary N) is 1. The number of nitrogen functional groups attached to an aromatic ring is 1. The number of aromatic nitrogens is 1. The maximum Gasteiger partial charge on any atom is 0.256 e. The van der Waals surface area contributed by atoms with Crippen molar-refractivity contribution in [3.8, 4) is 11.1 Å². The summed E-state index contributed by atoms with van der Waals surface area (Å²) >= 11 is 1.68. The van der Waals surface area contributed by atoms with Crippen molar-refractivity contribution in [1.29, 1.82) is 0 Å². The fourth-order valence-corrected chi connectivity index (χ4v) is 3.81. The minimum atomic E-state index is -0.203. The summed E-state index contributed by atoms with van der Waals surface area (Å²) in [6, 6.07) is 19.3. The summed E-state index contributed by atoms with van der Waals surface area (Å²) in [6.07, 6.45) is 0. The third-order valence-electron chi connectivity index (χ3n) is 4.25. The molecule has 128 valence electrons. The standard InChI is InChI=1S/C21H17N3OS/c1-13-6-8-14(9-7-13)21(25)24-19-11-10-16(20(22)23-19)17-12-26-18-5-3-2-4-15(17)18/h2-12H,1H3,(H3,22,23,24,25). The Bertz CT molecular complexity index is 1100. The Morgan fingerprint density at radius 1 is 1.00 bits per heavy atom. The highest BCUT2D eigenvalue weighted by Gasteiger charge is 2.12. The van der Waals surface area contributed by atoms with E-state index >= 15 is 0 Å². The maximum atomic E-state index is 12.3. The molecule has 5 heteroatoms. The monoisotopic (exact) mass is 359 g/mol. The normalized spacial score (nSPS) is 10.8. The first-order chi connectivity index (χ1) is 12.6. The van der Waals surface area contributed by atoms with Crippen LogP contribution in [0.15, 0.2) is 66.0 Å². The van der Waals surface area contributed by atoms with Gasteiger partial charge in [0.25, 0.3) is 5.91 Å². The number of carbonyl (C=O) groups is 1. The zero-order valence-corrected chi connectivity index (χ0v) is 15.0. The van der Waals surface area contributed by atoms with Crippen LogP contribution < -0.4 is 11.1 Å². The van der Waals surface area contributed by atoms with Gasteiger partial charge < -0.3 is 11.1 Å². The third kappa shape index (κ3) is 3.05. The number of thiophene rings is 1. The van der Waals surface area contributed by atoms with Crippen molar-refractivity contribution in [2.75, 3.05) is 11.1 Å². The highest BCUT2D eigenvalue weighted by molar-refractivity contribution is 7.17. The summed E-state index contributed by atoms with van der Waals surface area (Å²) in [5, 5.41) is 6.04. The zero-order valence-electron chi connectivity index (χ0n) is 14.2. The minimum absolute atomic E-state index is 0.203. The Morgan fingerprint density at radius 3 is 2.54 bits per heavy atom. The predicted octanol–water partition coefficient (Wildman–Crippen LogP) is 5.11. The summed E-state index contributed by atoms with van der Waals surface area (Å²) in [5.41, 5.74) is 9.81. The van der Waals surface area contributed by atoms with Gasteiger partial charge in [0.15, 0.2) is 0 Å². The largest absolute Gasteiger partial charge is 0.383 e. The lowest BCUT2D eigenvalue weighted by Gasteiger charge is -2.09. The molecule has 4 rings (SSSR count). The molecule has 0 saturated heterocycles. The SMILES string of the molecule is Cc1ccc(C(=O)Nc2ccc(-c3csc4ccccc34)c(N)n2)cc1. The molecule has 0 aliphatic carbocycles. The molecule has 26 heavy (non-hydrogen) atoms. The minimum Gasteiger partial charge on any atom is -0.383 e. The van der Waals surface area contributed by atoms with Gasteiger partial charge in [0.2, 0.25) is 0 Å². The van der Waals surface area contributed by atoms with Gasteiger partial charge in [-0.15, -0.1) is 11.3 Å². The molecule has 2 aromatic carbocycles. The number of nitrogens with one attached hydrogen (secondary N) is 1. The lowest BCUT2D eigenvalue weighted by molar-refractivity contribution is 0.102. The average Bonchev–Trinajstić information content (AvgIpc) is 3.06. The number of fused-ring (bicyclic) bond motifs is 1. The van der Waals surface area contributed by atoms with Crippen LogP contribution in [0.1, 0.15) is 15.9 Å². The molecule has 2 heterocycles. The van der Waals surface area contributed by atoms with E-state index < -0.39 is 0 Å². The molecule has 2 aromatic heterocycles. The molecule has 1 amide bonds. The van der Waals surface area contributed by atoms with E-state index in [0.717, 1.165) is 22.1 Å². The second kappa shape index (κ2) is 6.61. The van der Waals surface area contributed by atoms with Crippen molar-refractivity contribution in [1.82, 2.24) is 4.98 Å². The van der Waals surface area contributed by atoms with Crippen LogP contribution in [-0.4, -0.2) is 10.9 Å². The van der Waals surface area contributed by atoms with E-state index in [1.807, 2.05) is 37.3 Å². The van der Waals surface area contributed by atoms with Crippen LogP contribution in [0, 0.1) is 6.92 Å². The number of amides is 1. The van der Waals surface area contributed by atoms with Crippen molar-refractivity contribution < 1.29 is 4.79 Å². The summed E-state index contributed by atoms with van der Waals surface area (Å²) in [4.78, 5) is 16.7. The van der Waals surface area contributed by atoms with E-state index in [1.165, 1.54) is 4.70 Å². The molecule has 0 aliphatic heterocycles. The number of hydrogen-bond acceptors (Lipinski definition) is 4. The van der Waals surface area contributed by atoms with Crippen molar-refractivity contribution in [2.45, 2.75) is 6.92 Å². The van der Waals surface area contributed by atoms with E-state index in [9.17, 15) is 4.79 Å². The smallest absolute Gasteiger partial charge is 0.256 e. The van der Waals surface area contributed by atoms with Crippen LogP contribution >= 0.6 is 11.3 Å². The van der Waals surface area contributed by atoms with Crippen LogP contribution in [0.5, 0.6) is 0 Å². The number of carbonyl (C=O) groups excluding carboxylic acids is 1. The van der Waals surface area contributed by atoms with Crippen LogP contribution in [0.3, 0.4) is 0 Å². The quantitative estimate of drug-likeness (QED) is 0.534. The van der Waals surface area contributed by atoms with Crippen molar-refractivity contribution in [3.05, 3.63) is 77.2 Å². The number of aryl methyl sites for hydroxylation is 1. The topological polar surface area (TPSA) is 68.0 Å². The number of benzene rings is 2. The van der Waals surface area contributed by atoms with E-state index in [2.05, 4.69) is 27.8 Å². The molecule has 4 aromatic rings. The first kappa shape index (κ1) is 16.3. The van der Waals surface area contributed by atoms with Gasteiger partial charge in [-0.05, 0) is 42.6 Å². The highest BCUT2D eigenvalue weighted by Crippen LogP contribution is 2.36. The second-order valence-electron chi connectivity index (χ2n) is 6.09. The van der Waals surface area contributed by atoms with Gasteiger partial charge in [0.1, 0.15) is 11.6 Å². The molecule has 4 nitrogen and oxygen atoms in total. The molecule has 0 aliphatic rings. The Balaban J connectivity index is 1.62. The van der Waals surface area contributed by atoms with Crippen LogP contribution in [0.25, 0.3) is 21.2 Å². The molecule has 0 bridgehead atoms. The maximum absolute atomic E-state index is 12.3. The number of rotatable bonds is 3. The Kier molecular flexibility index (Phi) is 4.14. The fraction of sp³-hybridized carbons (Fsp3) is 0.0476. The molecule has 3 N–H and O–H groups in total. The molecule has 0 saturated carbocycles. The molecular weight excluding hydrogens is 342 g/mol. The number of pyridine rings is 1. The van der Waals surface area contributed by atoms with Crippen molar-refractivity contribution >= 4 is 39.0 Å². The van der Waals surface area contributed by atoms with E-state index in [-0.39, 0.29) is 5.91 Å². The molecule has 0 unspecified atom stereocenters. The van der Waals surface area contributed by atoms with E-state index in [0.29, 0.717) is 17.2 Å². The number of anilines is 2. The second-order valence-corrected chi connectivity index (χ2v) is 7.01. The summed E-state index contributed by atoms with van der Waals surface area (Å²) in [5.74, 6) is 0.636. The third-order valence-corrected chi connectivity index (χ3v) is 5.21. The van der Waals surface area contributed by atoms with E-state index in [4.69, 9.17) is 5.73 Å². The summed E-state index contributed by atoms with van der Waals surface area (Å²) in [6.45, 7) is 1.98. The Hall–Kier alpha value is -3.18. The number of hydrogen-bond donors (Lipinski definition) is 2. The van der Waals surface area contributed by atoms with Crippen molar-refractivity contribution in [2.24, 2.45) is 0 Å². The first-order valence-electron chi connectivity index (χ1n) is 8.23. The van der Waals surface area contributed by atoms with E-state index in [1.54, 1.807) is 29.5 Å². The molecule has 0 radical (unpaired) electrons. The average molecular weight is 359 g/mol. The molecule has 0 fully saturated rings. The molecule has 0 spiro atoms. The Labute approximate surface area is 155 Å². The highest BCUT2D eigenvalue weighted by atomic mass is 32.1. The number of nitrogens with zero attached hydrogens (tertiary/aromatic N) is 1. The lowest BCUT2D eigenvalue weighted by Crippen LogP contribution is -2.13.